The molecule has 0 unspecified atom stereocenters. The molecule has 1 N–H and O–H groups in total. The Morgan fingerprint density at radius 2 is 1.81 bits per heavy atom. The van der Waals surface area contributed by atoms with E-state index in [0.29, 0.717) is 21.7 Å². The third kappa shape index (κ3) is 3.02. The molecule has 0 fully saturated rings. The fourth-order valence-electron chi connectivity index (χ4n) is 2.67. The number of ketones is 1. The van der Waals surface area contributed by atoms with Gasteiger partial charge in [0.2, 0.25) is 0 Å². The Labute approximate surface area is 153 Å². The summed E-state index contributed by atoms with van der Waals surface area (Å²) in [5, 5.41) is 5.20. The molecule has 0 spiro atoms. The quantitative estimate of drug-likeness (QED) is 0.555. The SMILES string of the molecule is Cc1ccc(C(=O)c2ccsc2NC(=O)c2ccc3cncn3c2)cc1. The third-order valence-electron chi connectivity index (χ3n) is 4.12. The number of carbonyl (C=O) groups is 2. The van der Waals surface area contributed by atoms with Gasteiger partial charge in [0, 0.05) is 11.8 Å². The lowest BCUT2D eigenvalue weighted by molar-refractivity contribution is 0.102. The smallest absolute Gasteiger partial charge is 0.257 e. The molecule has 5 nitrogen and oxygen atoms in total. The van der Waals surface area contributed by atoms with Gasteiger partial charge in [0.25, 0.3) is 5.91 Å². The number of aryl methyl sites for hydroxylation is 1. The van der Waals surface area contributed by atoms with Crippen LogP contribution in [0.15, 0.2) is 66.6 Å². The van der Waals surface area contributed by atoms with Crippen LogP contribution in [-0.2, 0) is 0 Å². The predicted molar refractivity (Wildman–Crippen MR) is 102 cm³/mol. The topological polar surface area (TPSA) is 63.5 Å². The molecule has 26 heavy (non-hydrogen) atoms. The fourth-order valence-corrected chi connectivity index (χ4v) is 3.45. The number of hydrogen-bond acceptors (Lipinski definition) is 4. The molecule has 0 radical (unpaired) electrons. The van der Waals surface area contributed by atoms with Crippen LogP contribution in [0.1, 0.15) is 31.8 Å². The average molecular weight is 361 g/mol. The molecule has 3 aromatic heterocycles. The number of thiophene rings is 1. The summed E-state index contributed by atoms with van der Waals surface area (Å²) in [7, 11) is 0. The van der Waals surface area contributed by atoms with E-state index in [1.165, 1.54) is 11.3 Å². The van der Waals surface area contributed by atoms with Crippen molar-refractivity contribution >= 4 is 33.5 Å². The van der Waals surface area contributed by atoms with Gasteiger partial charge in [0.15, 0.2) is 5.78 Å². The van der Waals surface area contributed by atoms with Crippen LogP contribution in [0.3, 0.4) is 0 Å². The van der Waals surface area contributed by atoms with Gasteiger partial charge >= 0.3 is 0 Å². The zero-order valence-corrected chi connectivity index (χ0v) is 14.8. The predicted octanol–water partition coefficient (Wildman–Crippen LogP) is 4.19. The minimum Gasteiger partial charge on any atom is -0.313 e. The number of anilines is 1. The van der Waals surface area contributed by atoms with E-state index in [2.05, 4.69) is 10.3 Å². The minimum absolute atomic E-state index is 0.105. The normalized spacial score (nSPS) is 10.8. The first kappa shape index (κ1) is 16.2. The van der Waals surface area contributed by atoms with Crippen molar-refractivity contribution < 1.29 is 9.59 Å². The Morgan fingerprint density at radius 3 is 2.62 bits per heavy atom. The fraction of sp³-hybridized carbons (Fsp3) is 0.0500. The number of rotatable bonds is 4. The summed E-state index contributed by atoms with van der Waals surface area (Å²) < 4.78 is 1.78. The lowest BCUT2D eigenvalue weighted by Crippen LogP contribution is -2.14. The Hall–Kier alpha value is -3.25. The zero-order chi connectivity index (χ0) is 18.1. The maximum atomic E-state index is 12.7. The van der Waals surface area contributed by atoms with Crippen LogP contribution in [0.25, 0.3) is 5.52 Å². The van der Waals surface area contributed by atoms with Crippen molar-refractivity contribution in [2.75, 3.05) is 5.32 Å². The monoisotopic (exact) mass is 361 g/mol. The summed E-state index contributed by atoms with van der Waals surface area (Å²) in [4.78, 5) is 29.4. The number of carbonyl (C=O) groups excluding carboxylic acids is 2. The first-order valence-corrected chi connectivity index (χ1v) is 8.92. The van der Waals surface area contributed by atoms with Gasteiger partial charge in [0.05, 0.1) is 29.2 Å². The highest BCUT2D eigenvalue weighted by atomic mass is 32.1. The standard InChI is InChI=1S/C20H15N3O2S/c1-13-2-4-14(5-3-13)18(24)17-8-9-26-20(17)22-19(25)15-6-7-16-10-21-12-23(16)11-15/h2-12H,1H3,(H,22,25). The van der Waals surface area contributed by atoms with Crippen LogP contribution in [0.5, 0.6) is 0 Å². The number of pyridine rings is 1. The maximum Gasteiger partial charge on any atom is 0.257 e. The molecule has 0 aliphatic carbocycles. The molecular formula is C20H15N3O2S. The number of aromatic nitrogens is 2. The van der Waals surface area contributed by atoms with Crippen LogP contribution in [0, 0.1) is 6.92 Å². The number of amides is 1. The zero-order valence-electron chi connectivity index (χ0n) is 14.0. The van der Waals surface area contributed by atoms with E-state index in [0.717, 1.165) is 11.1 Å². The van der Waals surface area contributed by atoms with E-state index in [4.69, 9.17) is 0 Å². The van der Waals surface area contributed by atoms with Gasteiger partial charge in [0.1, 0.15) is 5.00 Å². The summed E-state index contributed by atoms with van der Waals surface area (Å²) in [5.41, 5.74) is 3.60. The molecule has 3 heterocycles. The molecule has 0 aliphatic rings. The van der Waals surface area contributed by atoms with Crippen molar-refractivity contribution in [3.8, 4) is 0 Å². The van der Waals surface area contributed by atoms with Gasteiger partial charge < -0.3 is 9.72 Å². The van der Waals surface area contributed by atoms with Crippen molar-refractivity contribution in [1.82, 2.24) is 9.38 Å². The van der Waals surface area contributed by atoms with Crippen molar-refractivity contribution in [3.63, 3.8) is 0 Å². The number of nitrogens with one attached hydrogen (secondary N) is 1. The molecule has 128 valence electrons. The highest BCUT2D eigenvalue weighted by Crippen LogP contribution is 2.26. The van der Waals surface area contributed by atoms with Crippen LogP contribution in [0.4, 0.5) is 5.00 Å². The summed E-state index contributed by atoms with van der Waals surface area (Å²) in [6.45, 7) is 1.97. The number of imidazole rings is 1. The number of nitrogens with zero attached hydrogens (tertiary/aromatic N) is 2. The highest BCUT2D eigenvalue weighted by molar-refractivity contribution is 7.14. The Bertz CT molecular complexity index is 1110. The Morgan fingerprint density at radius 1 is 1.04 bits per heavy atom. The van der Waals surface area contributed by atoms with Crippen molar-refractivity contribution in [3.05, 3.63) is 88.8 Å². The molecule has 0 saturated carbocycles. The van der Waals surface area contributed by atoms with E-state index < -0.39 is 0 Å². The van der Waals surface area contributed by atoms with Crippen LogP contribution in [0.2, 0.25) is 0 Å². The largest absolute Gasteiger partial charge is 0.313 e. The first-order chi connectivity index (χ1) is 12.6. The number of benzene rings is 1. The van der Waals surface area contributed by atoms with E-state index in [1.807, 2.05) is 25.1 Å². The molecule has 0 atom stereocenters. The molecular weight excluding hydrogens is 346 g/mol. The molecule has 1 amide bonds. The summed E-state index contributed by atoms with van der Waals surface area (Å²) in [5.74, 6) is -0.368. The Kier molecular flexibility index (Phi) is 4.10. The lowest BCUT2D eigenvalue weighted by atomic mass is 10.0. The number of fused-ring (bicyclic) bond motifs is 1. The van der Waals surface area contributed by atoms with Gasteiger partial charge in [-0.05, 0) is 30.5 Å². The van der Waals surface area contributed by atoms with Gasteiger partial charge in [-0.2, -0.15) is 0 Å². The first-order valence-electron chi connectivity index (χ1n) is 8.04. The second kappa shape index (κ2) is 6.57. The van der Waals surface area contributed by atoms with Gasteiger partial charge in [-0.25, -0.2) is 4.98 Å². The number of hydrogen-bond donors (Lipinski definition) is 1. The van der Waals surface area contributed by atoms with E-state index in [1.54, 1.807) is 52.8 Å². The third-order valence-corrected chi connectivity index (χ3v) is 4.95. The second-order valence-electron chi connectivity index (χ2n) is 5.96. The van der Waals surface area contributed by atoms with E-state index >= 15 is 0 Å². The van der Waals surface area contributed by atoms with E-state index in [-0.39, 0.29) is 11.7 Å². The maximum absolute atomic E-state index is 12.7. The Balaban J connectivity index is 1.59. The van der Waals surface area contributed by atoms with E-state index in [9.17, 15) is 9.59 Å². The van der Waals surface area contributed by atoms with Gasteiger partial charge in [-0.15, -0.1) is 11.3 Å². The van der Waals surface area contributed by atoms with Crippen LogP contribution < -0.4 is 5.32 Å². The molecule has 1 aromatic carbocycles. The molecule has 0 aliphatic heterocycles. The minimum atomic E-state index is -0.263. The van der Waals surface area contributed by atoms with Crippen molar-refractivity contribution in [2.24, 2.45) is 0 Å². The molecule has 0 saturated heterocycles. The van der Waals surface area contributed by atoms with Gasteiger partial charge in [-0.1, -0.05) is 29.8 Å². The second-order valence-corrected chi connectivity index (χ2v) is 6.87. The van der Waals surface area contributed by atoms with Crippen molar-refractivity contribution in [1.29, 1.82) is 0 Å². The van der Waals surface area contributed by atoms with Gasteiger partial charge in [-0.3, -0.25) is 9.59 Å². The summed E-state index contributed by atoms with van der Waals surface area (Å²) >= 11 is 1.33. The highest BCUT2D eigenvalue weighted by Gasteiger charge is 2.17. The summed E-state index contributed by atoms with van der Waals surface area (Å²) in [6, 6.07) is 12.7. The van der Waals surface area contributed by atoms with Crippen LogP contribution in [-0.4, -0.2) is 21.1 Å². The average Bonchev–Trinajstić information content (AvgIpc) is 3.30. The molecule has 0 bridgehead atoms. The van der Waals surface area contributed by atoms with Crippen LogP contribution >= 0.6 is 11.3 Å². The molecule has 4 rings (SSSR count). The lowest BCUT2D eigenvalue weighted by Gasteiger charge is -2.07. The summed E-state index contributed by atoms with van der Waals surface area (Å²) in [6.07, 6.45) is 5.08. The van der Waals surface area contributed by atoms with Crippen molar-refractivity contribution in [2.45, 2.75) is 6.92 Å². The molecule has 4 aromatic rings. The molecule has 6 heteroatoms.